The fourth-order valence-electron chi connectivity index (χ4n) is 3.38. The number of imide groups is 1. The Bertz CT molecular complexity index is 1160. The zero-order chi connectivity index (χ0) is 24.2. The molecule has 1 saturated heterocycles. The van der Waals surface area contributed by atoms with Gasteiger partial charge in [0, 0.05) is 18.7 Å². The standard InChI is InChI=1S/C22H25N3O6S2/c1-4-24(5-2)33(29,30)17-9-10-19(31-3)18(12-17)23-21(27)16-8-6-7-15(11-16)13-25-20(26)14-32-22(25)28/h6-12H,4-5,13-14H2,1-3H3,(H,23,27). The van der Waals surface area contributed by atoms with E-state index in [0.717, 1.165) is 16.7 Å². The Balaban J connectivity index is 1.85. The molecule has 0 aliphatic carbocycles. The quantitative estimate of drug-likeness (QED) is 0.573. The van der Waals surface area contributed by atoms with E-state index in [4.69, 9.17) is 4.74 Å². The van der Waals surface area contributed by atoms with Crippen molar-refractivity contribution < 1.29 is 27.5 Å². The molecule has 2 aromatic carbocycles. The average Bonchev–Trinajstić information content (AvgIpc) is 3.12. The van der Waals surface area contributed by atoms with Gasteiger partial charge in [-0.05, 0) is 35.9 Å². The first-order chi connectivity index (χ1) is 15.7. The Morgan fingerprint density at radius 3 is 2.48 bits per heavy atom. The van der Waals surface area contributed by atoms with Gasteiger partial charge in [-0.15, -0.1) is 0 Å². The topological polar surface area (TPSA) is 113 Å². The van der Waals surface area contributed by atoms with Crippen molar-refractivity contribution in [1.29, 1.82) is 0 Å². The van der Waals surface area contributed by atoms with Crippen LogP contribution in [0, 0.1) is 0 Å². The van der Waals surface area contributed by atoms with Crippen molar-refractivity contribution in [2.45, 2.75) is 25.3 Å². The molecule has 0 saturated carbocycles. The number of sulfonamides is 1. The first kappa shape index (κ1) is 24.7. The highest BCUT2D eigenvalue weighted by Gasteiger charge is 2.30. The lowest BCUT2D eigenvalue weighted by molar-refractivity contribution is -0.125. The molecule has 0 atom stereocenters. The maximum Gasteiger partial charge on any atom is 0.289 e. The zero-order valence-electron chi connectivity index (χ0n) is 18.5. The van der Waals surface area contributed by atoms with Crippen LogP contribution in [0.5, 0.6) is 5.75 Å². The Labute approximate surface area is 197 Å². The van der Waals surface area contributed by atoms with E-state index >= 15 is 0 Å². The van der Waals surface area contributed by atoms with E-state index in [2.05, 4.69) is 5.32 Å². The molecular weight excluding hydrogens is 466 g/mol. The predicted octanol–water partition coefficient (Wildman–Crippen LogP) is 3.17. The van der Waals surface area contributed by atoms with Crippen LogP contribution in [0.3, 0.4) is 0 Å². The number of nitrogens with zero attached hydrogens (tertiary/aromatic N) is 2. The van der Waals surface area contributed by atoms with E-state index in [1.807, 2.05) is 0 Å². The number of thioether (sulfide) groups is 1. The van der Waals surface area contributed by atoms with E-state index in [9.17, 15) is 22.8 Å². The number of ether oxygens (including phenoxy) is 1. The molecule has 1 N–H and O–H groups in total. The van der Waals surface area contributed by atoms with E-state index in [1.54, 1.807) is 38.1 Å². The summed E-state index contributed by atoms with van der Waals surface area (Å²) >= 11 is 0.949. The molecule has 0 aromatic heterocycles. The minimum absolute atomic E-state index is 0.0413. The molecule has 0 unspecified atom stereocenters. The van der Waals surface area contributed by atoms with Crippen molar-refractivity contribution in [3.63, 3.8) is 0 Å². The van der Waals surface area contributed by atoms with E-state index in [1.165, 1.54) is 29.6 Å². The third-order valence-electron chi connectivity index (χ3n) is 5.13. The van der Waals surface area contributed by atoms with Gasteiger partial charge in [-0.3, -0.25) is 19.3 Å². The molecule has 0 spiro atoms. The molecule has 2 aromatic rings. The minimum atomic E-state index is -3.72. The second-order valence-electron chi connectivity index (χ2n) is 7.14. The summed E-state index contributed by atoms with van der Waals surface area (Å²) in [6, 6.07) is 10.8. The molecule has 9 nitrogen and oxygen atoms in total. The van der Waals surface area contributed by atoms with Crippen LogP contribution >= 0.6 is 11.8 Å². The van der Waals surface area contributed by atoms with Gasteiger partial charge in [0.25, 0.3) is 11.1 Å². The monoisotopic (exact) mass is 491 g/mol. The van der Waals surface area contributed by atoms with Crippen molar-refractivity contribution in [3.05, 3.63) is 53.6 Å². The maximum atomic E-state index is 12.9. The van der Waals surface area contributed by atoms with E-state index < -0.39 is 15.9 Å². The number of hydrogen-bond donors (Lipinski definition) is 1. The molecule has 1 heterocycles. The summed E-state index contributed by atoms with van der Waals surface area (Å²) in [7, 11) is -2.30. The van der Waals surface area contributed by atoms with Crippen LogP contribution in [-0.2, 0) is 21.4 Å². The molecule has 1 aliphatic rings. The number of anilines is 1. The number of nitrogens with one attached hydrogen (secondary N) is 1. The van der Waals surface area contributed by atoms with Gasteiger partial charge in [0.2, 0.25) is 15.9 Å². The molecule has 1 fully saturated rings. The largest absolute Gasteiger partial charge is 0.495 e. The average molecular weight is 492 g/mol. The number of rotatable bonds is 9. The molecule has 0 radical (unpaired) electrons. The predicted molar refractivity (Wildman–Crippen MR) is 126 cm³/mol. The summed E-state index contributed by atoms with van der Waals surface area (Å²) in [5.74, 6) is -0.328. The second-order valence-corrected chi connectivity index (χ2v) is 10.0. The van der Waals surface area contributed by atoms with Gasteiger partial charge in [-0.25, -0.2) is 8.42 Å². The van der Waals surface area contributed by atoms with Gasteiger partial charge in [-0.2, -0.15) is 4.31 Å². The van der Waals surface area contributed by atoms with Crippen molar-refractivity contribution in [2.75, 3.05) is 31.3 Å². The molecule has 176 valence electrons. The summed E-state index contributed by atoms with van der Waals surface area (Å²) in [5.41, 5.74) is 1.12. The fraction of sp³-hybridized carbons (Fsp3) is 0.318. The van der Waals surface area contributed by atoms with Crippen LogP contribution in [0.2, 0.25) is 0 Å². The summed E-state index contributed by atoms with van der Waals surface area (Å²) in [6.45, 7) is 4.22. The minimum Gasteiger partial charge on any atom is -0.495 e. The number of benzene rings is 2. The summed E-state index contributed by atoms with van der Waals surface area (Å²) < 4.78 is 32.4. The number of hydrogen-bond acceptors (Lipinski definition) is 7. The fourth-order valence-corrected chi connectivity index (χ4v) is 5.59. The highest BCUT2D eigenvalue weighted by molar-refractivity contribution is 8.14. The van der Waals surface area contributed by atoms with Gasteiger partial charge in [0.1, 0.15) is 5.75 Å². The molecule has 11 heteroatoms. The molecule has 1 aliphatic heterocycles. The van der Waals surface area contributed by atoms with Crippen molar-refractivity contribution in [1.82, 2.24) is 9.21 Å². The second kappa shape index (κ2) is 10.4. The van der Waals surface area contributed by atoms with Gasteiger partial charge in [0.15, 0.2) is 0 Å². The van der Waals surface area contributed by atoms with E-state index in [-0.39, 0.29) is 34.0 Å². The van der Waals surface area contributed by atoms with Crippen LogP contribution in [0.15, 0.2) is 47.4 Å². The molecule has 33 heavy (non-hydrogen) atoms. The van der Waals surface area contributed by atoms with Crippen LogP contribution in [-0.4, -0.2) is 60.6 Å². The molecule has 3 amide bonds. The van der Waals surface area contributed by atoms with Crippen LogP contribution in [0.25, 0.3) is 0 Å². The van der Waals surface area contributed by atoms with Gasteiger partial charge in [-0.1, -0.05) is 37.7 Å². The van der Waals surface area contributed by atoms with Crippen molar-refractivity contribution >= 4 is 44.5 Å². The van der Waals surface area contributed by atoms with Crippen LogP contribution in [0.4, 0.5) is 10.5 Å². The van der Waals surface area contributed by atoms with Gasteiger partial charge >= 0.3 is 0 Å². The Morgan fingerprint density at radius 2 is 1.88 bits per heavy atom. The lowest BCUT2D eigenvalue weighted by Gasteiger charge is -2.19. The van der Waals surface area contributed by atoms with Crippen LogP contribution < -0.4 is 10.1 Å². The molecule has 3 rings (SSSR count). The maximum absolute atomic E-state index is 12.9. The van der Waals surface area contributed by atoms with Gasteiger partial charge < -0.3 is 10.1 Å². The van der Waals surface area contributed by atoms with Gasteiger partial charge in [0.05, 0.1) is 30.0 Å². The van der Waals surface area contributed by atoms with Crippen LogP contribution in [0.1, 0.15) is 29.8 Å². The number of carbonyl (C=O) groups is 3. The Kier molecular flexibility index (Phi) is 7.77. The zero-order valence-corrected chi connectivity index (χ0v) is 20.2. The lowest BCUT2D eigenvalue weighted by Crippen LogP contribution is -2.30. The van der Waals surface area contributed by atoms with Crippen molar-refractivity contribution in [3.8, 4) is 5.75 Å². The lowest BCUT2D eigenvalue weighted by atomic mass is 10.1. The van der Waals surface area contributed by atoms with Crippen molar-refractivity contribution in [2.24, 2.45) is 0 Å². The Hall–Kier alpha value is -2.89. The van der Waals surface area contributed by atoms with E-state index in [0.29, 0.717) is 30.0 Å². The first-order valence-corrected chi connectivity index (χ1v) is 12.7. The third-order valence-corrected chi connectivity index (χ3v) is 8.04. The summed E-state index contributed by atoms with van der Waals surface area (Å²) in [6.07, 6.45) is 0. The number of methoxy groups -OCH3 is 1. The highest BCUT2D eigenvalue weighted by atomic mass is 32.2. The molecule has 0 bridgehead atoms. The summed E-state index contributed by atoms with van der Waals surface area (Å²) in [4.78, 5) is 37.8. The smallest absolute Gasteiger partial charge is 0.289 e. The number of amides is 3. The highest BCUT2D eigenvalue weighted by Crippen LogP contribution is 2.29. The third kappa shape index (κ3) is 5.37. The normalized spacial score (nSPS) is 14.1. The summed E-state index contributed by atoms with van der Waals surface area (Å²) in [5, 5.41) is 2.39. The Morgan fingerprint density at radius 1 is 1.15 bits per heavy atom. The SMILES string of the molecule is CCN(CC)S(=O)(=O)c1ccc(OC)c(NC(=O)c2cccc(CN3C(=O)CSC3=O)c2)c1. The molecular formula is C22H25N3O6S2. The number of carbonyl (C=O) groups excluding carboxylic acids is 3. The first-order valence-electron chi connectivity index (χ1n) is 10.3.